The molecule has 20 heavy (non-hydrogen) atoms. The topological polar surface area (TPSA) is 46.5 Å². The molecule has 110 valence electrons. The fraction of sp³-hybridized carbons (Fsp3) is 0.438. The van der Waals surface area contributed by atoms with Gasteiger partial charge in [0.1, 0.15) is 5.75 Å². The van der Waals surface area contributed by atoms with Crippen LogP contribution in [0.5, 0.6) is 5.75 Å². The molecule has 1 N–H and O–H groups in total. The van der Waals surface area contributed by atoms with Crippen LogP contribution >= 0.6 is 15.9 Å². The Morgan fingerprint density at radius 3 is 2.75 bits per heavy atom. The van der Waals surface area contributed by atoms with Crippen LogP contribution in [-0.4, -0.2) is 17.7 Å². The summed E-state index contributed by atoms with van der Waals surface area (Å²) in [5.41, 5.74) is 0.773. The van der Waals surface area contributed by atoms with E-state index >= 15 is 0 Å². The Balaban J connectivity index is 2.57. The summed E-state index contributed by atoms with van der Waals surface area (Å²) in [7, 11) is 0. The van der Waals surface area contributed by atoms with E-state index in [1.54, 1.807) is 6.08 Å². The zero-order chi connectivity index (χ0) is 14.8. The average Bonchev–Trinajstić information content (AvgIpc) is 2.42. The molecular formula is C16H21BrO3. The predicted octanol–water partition coefficient (Wildman–Crippen LogP) is 4.90. The molecular weight excluding hydrogens is 320 g/mol. The molecule has 0 aliphatic heterocycles. The Hall–Kier alpha value is -1.29. The summed E-state index contributed by atoms with van der Waals surface area (Å²) in [6.45, 7) is 2.85. The van der Waals surface area contributed by atoms with Gasteiger partial charge in [0.15, 0.2) is 0 Å². The van der Waals surface area contributed by atoms with Crippen LogP contribution < -0.4 is 4.74 Å². The van der Waals surface area contributed by atoms with Crippen molar-refractivity contribution in [3.63, 3.8) is 0 Å². The molecule has 0 radical (unpaired) electrons. The number of hydrogen-bond acceptors (Lipinski definition) is 2. The van der Waals surface area contributed by atoms with Gasteiger partial charge < -0.3 is 9.84 Å². The van der Waals surface area contributed by atoms with E-state index < -0.39 is 5.97 Å². The molecule has 0 atom stereocenters. The molecule has 0 spiro atoms. The number of ether oxygens (including phenoxy) is 1. The molecule has 3 nitrogen and oxygen atoms in total. The maximum Gasteiger partial charge on any atom is 0.328 e. The molecule has 0 heterocycles. The molecule has 0 saturated carbocycles. The Kier molecular flexibility index (Phi) is 8.04. The maximum atomic E-state index is 10.6. The lowest BCUT2D eigenvalue weighted by atomic mass is 10.1. The van der Waals surface area contributed by atoms with Crippen LogP contribution in [0.15, 0.2) is 28.7 Å². The smallest absolute Gasteiger partial charge is 0.328 e. The van der Waals surface area contributed by atoms with Gasteiger partial charge in [0, 0.05) is 11.6 Å². The highest BCUT2D eigenvalue weighted by molar-refractivity contribution is 9.10. The summed E-state index contributed by atoms with van der Waals surface area (Å²) in [6.07, 6.45) is 8.59. The molecule has 1 rings (SSSR count). The van der Waals surface area contributed by atoms with E-state index in [4.69, 9.17) is 9.84 Å². The fourth-order valence-corrected chi connectivity index (χ4v) is 2.35. The SMILES string of the molecule is CCCCCCCOc1c(Br)cccc1C=CC(=O)O. The van der Waals surface area contributed by atoms with Gasteiger partial charge in [-0.25, -0.2) is 4.79 Å². The number of aliphatic carboxylic acids is 1. The molecule has 0 fully saturated rings. The van der Waals surface area contributed by atoms with E-state index in [2.05, 4.69) is 22.9 Å². The van der Waals surface area contributed by atoms with Gasteiger partial charge in [0.05, 0.1) is 11.1 Å². The first-order valence-electron chi connectivity index (χ1n) is 6.97. The summed E-state index contributed by atoms with van der Waals surface area (Å²) in [4.78, 5) is 10.6. The molecule has 0 saturated heterocycles. The second-order valence-corrected chi connectivity index (χ2v) is 5.45. The van der Waals surface area contributed by atoms with Gasteiger partial charge in [-0.1, -0.05) is 44.7 Å². The summed E-state index contributed by atoms with van der Waals surface area (Å²) < 4.78 is 6.64. The molecule has 0 amide bonds. The van der Waals surface area contributed by atoms with Crippen LogP contribution in [0.25, 0.3) is 6.08 Å². The van der Waals surface area contributed by atoms with Crippen LogP contribution in [0.2, 0.25) is 0 Å². The van der Waals surface area contributed by atoms with Crippen LogP contribution in [0.3, 0.4) is 0 Å². The van der Waals surface area contributed by atoms with Gasteiger partial charge >= 0.3 is 5.97 Å². The summed E-state index contributed by atoms with van der Waals surface area (Å²) in [5, 5.41) is 8.69. The summed E-state index contributed by atoms with van der Waals surface area (Å²) >= 11 is 3.44. The van der Waals surface area contributed by atoms with Crippen molar-refractivity contribution in [3.8, 4) is 5.75 Å². The zero-order valence-corrected chi connectivity index (χ0v) is 13.4. The third kappa shape index (κ3) is 6.24. The molecule has 1 aromatic carbocycles. The molecule has 0 aliphatic rings. The number of rotatable bonds is 9. The molecule has 1 aromatic rings. The second-order valence-electron chi connectivity index (χ2n) is 4.59. The van der Waals surface area contributed by atoms with Crippen molar-refractivity contribution in [1.82, 2.24) is 0 Å². The van der Waals surface area contributed by atoms with Gasteiger partial charge in [0.25, 0.3) is 0 Å². The maximum absolute atomic E-state index is 10.6. The average molecular weight is 341 g/mol. The lowest BCUT2D eigenvalue weighted by Gasteiger charge is -2.11. The highest BCUT2D eigenvalue weighted by Crippen LogP contribution is 2.30. The first kappa shape index (κ1) is 16.8. The summed E-state index contributed by atoms with van der Waals surface area (Å²) in [6, 6.07) is 5.60. The van der Waals surface area contributed by atoms with Crippen molar-refractivity contribution in [2.24, 2.45) is 0 Å². The molecule has 0 aromatic heterocycles. The van der Waals surface area contributed by atoms with Crippen molar-refractivity contribution in [1.29, 1.82) is 0 Å². The van der Waals surface area contributed by atoms with E-state index in [1.807, 2.05) is 18.2 Å². The van der Waals surface area contributed by atoms with Crippen molar-refractivity contribution in [3.05, 3.63) is 34.3 Å². The Labute approximate surface area is 128 Å². The Morgan fingerprint density at radius 1 is 1.30 bits per heavy atom. The third-order valence-corrected chi connectivity index (χ3v) is 3.52. The number of para-hydroxylation sites is 1. The van der Waals surface area contributed by atoms with Crippen LogP contribution in [0, 0.1) is 0 Å². The summed E-state index contributed by atoms with van der Waals surface area (Å²) in [5.74, 6) is -0.254. The minimum Gasteiger partial charge on any atom is -0.492 e. The number of carboxylic acid groups (broad SMARTS) is 1. The minimum absolute atomic E-state index is 0.653. The van der Waals surface area contributed by atoms with Gasteiger partial charge in [-0.2, -0.15) is 0 Å². The molecule has 4 heteroatoms. The molecule has 0 unspecified atom stereocenters. The Bertz CT molecular complexity index is 455. The lowest BCUT2D eigenvalue weighted by Crippen LogP contribution is -2.00. The quantitative estimate of drug-likeness (QED) is 0.513. The van der Waals surface area contributed by atoms with Crippen molar-refractivity contribution >= 4 is 28.0 Å². The highest BCUT2D eigenvalue weighted by Gasteiger charge is 2.06. The number of unbranched alkanes of at least 4 members (excludes halogenated alkanes) is 4. The largest absolute Gasteiger partial charge is 0.492 e. The van der Waals surface area contributed by atoms with Crippen molar-refractivity contribution in [2.75, 3.05) is 6.61 Å². The van der Waals surface area contributed by atoms with Crippen molar-refractivity contribution < 1.29 is 14.6 Å². The number of halogens is 1. The predicted molar refractivity (Wildman–Crippen MR) is 85.1 cm³/mol. The minimum atomic E-state index is -0.963. The van der Waals surface area contributed by atoms with Gasteiger partial charge in [-0.3, -0.25) is 0 Å². The number of carbonyl (C=O) groups is 1. The standard InChI is InChI=1S/C16H21BrO3/c1-2-3-4-5-6-12-20-16-13(10-11-15(18)19)8-7-9-14(16)17/h7-11H,2-6,12H2,1H3,(H,18,19). The number of benzene rings is 1. The van der Waals surface area contributed by atoms with Crippen molar-refractivity contribution in [2.45, 2.75) is 39.0 Å². The third-order valence-electron chi connectivity index (χ3n) is 2.90. The highest BCUT2D eigenvalue weighted by atomic mass is 79.9. The van der Waals surface area contributed by atoms with E-state index in [-0.39, 0.29) is 0 Å². The van der Waals surface area contributed by atoms with Gasteiger partial charge in [-0.05, 0) is 34.5 Å². The van der Waals surface area contributed by atoms with E-state index in [1.165, 1.54) is 25.7 Å². The van der Waals surface area contributed by atoms with E-state index in [0.717, 1.165) is 22.5 Å². The zero-order valence-electron chi connectivity index (χ0n) is 11.8. The van der Waals surface area contributed by atoms with E-state index in [0.29, 0.717) is 12.4 Å². The molecule has 0 bridgehead atoms. The first-order chi connectivity index (χ1) is 9.65. The van der Waals surface area contributed by atoms with Gasteiger partial charge in [-0.15, -0.1) is 0 Å². The van der Waals surface area contributed by atoms with E-state index in [9.17, 15) is 4.79 Å². The molecule has 0 aliphatic carbocycles. The van der Waals surface area contributed by atoms with Gasteiger partial charge in [0.2, 0.25) is 0 Å². The second kappa shape index (κ2) is 9.59. The number of carboxylic acids is 1. The monoisotopic (exact) mass is 340 g/mol. The Morgan fingerprint density at radius 2 is 2.05 bits per heavy atom. The number of hydrogen-bond donors (Lipinski definition) is 1. The van der Waals surface area contributed by atoms with Crippen LogP contribution in [0.4, 0.5) is 0 Å². The first-order valence-corrected chi connectivity index (χ1v) is 7.76. The lowest BCUT2D eigenvalue weighted by molar-refractivity contribution is -0.131. The normalized spacial score (nSPS) is 10.9. The van der Waals surface area contributed by atoms with Crippen LogP contribution in [0.1, 0.15) is 44.6 Å². The fourth-order valence-electron chi connectivity index (χ4n) is 1.85. The van der Waals surface area contributed by atoms with Crippen LogP contribution in [-0.2, 0) is 4.79 Å².